The van der Waals surface area contributed by atoms with E-state index in [2.05, 4.69) is 29.7 Å². The minimum atomic E-state index is -1.34. The molecule has 1 unspecified atom stereocenters. The Labute approximate surface area is 243 Å². The summed E-state index contributed by atoms with van der Waals surface area (Å²) in [7, 11) is 0. The van der Waals surface area contributed by atoms with E-state index in [9.17, 15) is 24.6 Å². The molecule has 1 saturated heterocycles. The van der Waals surface area contributed by atoms with Gasteiger partial charge in [0.1, 0.15) is 6.10 Å². The number of amides is 3. The van der Waals surface area contributed by atoms with Crippen molar-refractivity contribution in [3.05, 3.63) is 12.2 Å². The lowest BCUT2D eigenvalue weighted by Gasteiger charge is -2.27. The number of aliphatic hydroxyl groups is 2. The van der Waals surface area contributed by atoms with E-state index < -0.39 is 17.4 Å². The summed E-state index contributed by atoms with van der Waals surface area (Å²) < 4.78 is 0. The molecule has 2 atom stereocenters. The molecular formula is C32H59N3O5. The van der Waals surface area contributed by atoms with Crippen LogP contribution in [-0.2, 0) is 14.4 Å². The molecule has 0 bridgehead atoms. The first-order valence-corrected chi connectivity index (χ1v) is 16.0. The molecule has 0 aliphatic carbocycles. The second-order valence-electron chi connectivity index (χ2n) is 12.1. The first-order valence-electron chi connectivity index (χ1n) is 16.0. The van der Waals surface area contributed by atoms with E-state index in [1.54, 1.807) is 18.7 Å². The Morgan fingerprint density at radius 1 is 0.900 bits per heavy atom. The van der Waals surface area contributed by atoms with Crippen LogP contribution in [-0.4, -0.2) is 71.2 Å². The summed E-state index contributed by atoms with van der Waals surface area (Å²) in [5.74, 6) is -0.609. The number of hydrogen-bond acceptors (Lipinski definition) is 5. The van der Waals surface area contributed by atoms with Gasteiger partial charge in [-0.2, -0.15) is 0 Å². The number of hydrogen-bond donors (Lipinski definition) is 4. The molecule has 0 spiro atoms. The maximum absolute atomic E-state index is 12.7. The van der Waals surface area contributed by atoms with Gasteiger partial charge in [0.25, 0.3) is 0 Å². The molecule has 0 radical (unpaired) electrons. The summed E-state index contributed by atoms with van der Waals surface area (Å²) in [5, 5.41) is 25.0. The van der Waals surface area contributed by atoms with Crippen molar-refractivity contribution in [1.29, 1.82) is 0 Å². The van der Waals surface area contributed by atoms with Crippen molar-refractivity contribution in [3.8, 4) is 0 Å². The Kier molecular flexibility index (Phi) is 19.6. The van der Waals surface area contributed by atoms with E-state index in [0.717, 1.165) is 38.5 Å². The first-order chi connectivity index (χ1) is 19.2. The van der Waals surface area contributed by atoms with Crippen LogP contribution in [0.3, 0.4) is 0 Å². The van der Waals surface area contributed by atoms with Gasteiger partial charge in [0.2, 0.25) is 17.7 Å². The Balaban J connectivity index is 2.09. The molecule has 1 fully saturated rings. The average Bonchev–Trinajstić information content (AvgIpc) is 3.42. The number of nitrogens with one attached hydrogen (secondary N) is 2. The van der Waals surface area contributed by atoms with Crippen molar-refractivity contribution < 1.29 is 24.6 Å². The normalized spacial score (nSPS) is 16.4. The Bertz CT molecular complexity index is 740. The van der Waals surface area contributed by atoms with Crippen molar-refractivity contribution in [2.75, 3.05) is 26.2 Å². The molecule has 8 heteroatoms. The first kappa shape index (κ1) is 36.1. The topological polar surface area (TPSA) is 119 Å². The minimum absolute atomic E-state index is 0.0137. The van der Waals surface area contributed by atoms with Gasteiger partial charge in [-0.3, -0.25) is 14.4 Å². The predicted octanol–water partition coefficient (Wildman–Crippen LogP) is 5.02. The minimum Gasteiger partial charge on any atom is -0.396 e. The molecule has 1 aliphatic heterocycles. The van der Waals surface area contributed by atoms with E-state index in [1.165, 1.54) is 57.8 Å². The van der Waals surface area contributed by atoms with Crippen LogP contribution in [0.15, 0.2) is 12.2 Å². The van der Waals surface area contributed by atoms with Crippen LogP contribution in [0, 0.1) is 5.41 Å². The highest BCUT2D eigenvalue weighted by Crippen LogP contribution is 2.20. The van der Waals surface area contributed by atoms with Crippen LogP contribution < -0.4 is 10.6 Å². The molecule has 40 heavy (non-hydrogen) atoms. The number of nitrogens with zero attached hydrogens (tertiary/aromatic N) is 1. The second kappa shape index (κ2) is 21.8. The fraction of sp³-hybridized carbons (Fsp3) is 0.844. The van der Waals surface area contributed by atoms with Gasteiger partial charge >= 0.3 is 0 Å². The maximum Gasteiger partial charge on any atom is 0.249 e. The molecule has 0 aromatic carbocycles. The summed E-state index contributed by atoms with van der Waals surface area (Å²) in [5.41, 5.74) is -0.948. The average molecular weight is 566 g/mol. The van der Waals surface area contributed by atoms with Crippen LogP contribution in [0.1, 0.15) is 130 Å². The smallest absolute Gasteiger partial charge is 0.249 e. The van der Waals surface area contributed by atoms with Crippen LogP contribution in [0.25, 0.3) is 0 Å². The Morgan fingerprint density at radius 3 is 2.12 bits per heavy atom. The molecule has 232 valence electrons. The van der Waals surface area contributed by atoms with Crippen LogP contribution in [0.5, 0.6) is 0 Å². The highest BCUT2D eigenvalue weighted by atomic mass is 16.3. The van der Waals surface area contributed by atoms with Crippen molar-refractivity contribution in [3.63, 3.8) is 0 Å². The van der Waals surface area contributed by atoms with Crippen LogP contribution >= 0.6 is 0 Å². The number of allylic oxidation sites excluding steroid dienone is 2. The zero-order valence-corrected chi connectivity index (χ0v) is 25.7. The number of aliphatic hydroxyl groups excluding tert-OH is 2. The molecule has 1 aliphatic rings. The van der Waals surface area contributed by atoms with E-state index in [-0.39, 0.29) is 37.4 Å². The molecule has 0 saturated carbocycles. The van der Waals surface area contributed by atoms with E-state index in [4.69, 9.17) is 0 Å². The van der Waals surface area contributed by atoms with Crippen molar-refractivity contribution in [1.82, 2.24) is 15.5 Å². The largest absolute Gasteiger partial charge is 0.396 e. The number of carbonyl (C=O) groups excluding carboxylic acids is 3. The monoisotopic (exact) mass is 565 g/mol. The summed E-state index contributed by atoms with van der Waals surface area (Å²) in [6.07, 6.45) is 21.8. The van der Waals surface area contributed by atoms with Gasteiger partial charge in [-0.15, -0.1) is 0 Å². The van der Waals surface area contributed by atoms with Crippen molar-refractivity contribution in [2.24, 2.45) is 5.41 Å². The molecule has 1 heterocycles. The fourth-order valence-corrected chi connectivity index (χ4v) is 5.03. The third-order valence-electron chi connectivity index (χ3n) is 7.93. The summed E-state index contributed by atoms with van der Waals surface area (Å²) >= 11 is 0. The van der Waals surface area contributed by atoms with Gasteiger partial charge in [-0.25, -0.2) is 0 Å². The van der Waals surface area contributed by atoms with Crippen molar-refractivity contribution in [2.45, 2.75) is 142 Å². The van der Waals surface area contributed by atoms with Gasteiger partial charge in [0.15, 0.2) is 0 Å². The zero-order chi connectivity index (χ0) is 29.6. The third kappa shape index (κ3) is 15.8. The number of unbranched alkanes of at least 4 members (excludes halogenated alkanes) is 11. The van der Waals surface area contributed by atoms with Gasteiger partial charge < -0.3 is 25.7 Å². The SMILES string of the molecule is CCCCCCCCC=CCCCCCCCC(=O)NC[C@@H]1CCCN1C(=O)CCNC(=O)C(O)C(C)(C)CO. The lowest BCUT2D eigenvalue weighted by molar-refractivity contribution is -0.137. The molecule has 0 aromatic heterocycles. The van der Waals surface area contributed by atoms with E-state index in [0.29, 0.717) is 19.5 Å². The molecule has 8 nitrogen and oxygen atoms in total. The quantitative estimate of drug-likeness (QED) is 0.103. The number of likely N-dealkylation sites (tertiary alicyclic amines) is 1. The predicted molar refractivity (Wildman–Crippen MR) is 162 cm³/mol. The third-order valence-corrected chi connectivity index (χ3v) is 7.93. The molecule has 4 N–H and O–H groups in total. The maximum atomic E-state index is 12.7. The fourth-order valence-electron chi connectivity index (χ4n) is 5.03. The summed E-state index contributed by atoms with van der Waals surface area (Å²) in [6.45, 7) is 6.38. The van der Waals surface area contributed by atoms with Gasteiger partial charge in [-0.1, -0.05) is 84.3 Å². The lowest BCUT2D eigenvalue weighted by atomic mass is 9.87. The highest BCUT2D eigenvalue weighted by Gasteiger charge is 2.33. The Morgan fingerprint density at radius 2 is 1.50 bits per heavy atom. The van der Waals surface area contributed by atoms with E-state index >= 15 is 0 Å². The molecule has 0 aromatic rings. The zero-order valence-electron chi connectivity index (χ0n) is 25.7. The van der Waals surface area contributed by atoms with Crippen molar-refractivity contribution >= 4 is 17.7 Å². The van der Waals surface area contributed by atoms with Gasteiger partial charge in [0, 0.05) is 43.9 Å². The number of rotatable bonds is 23. The second-order valence-corrected chi connectivity index (χ2v) is 12.1. The standard InChI is InChI=1S/C32H59N3O5/c1-4-5-6-7-8-9-10-11-12-13-14-15-16-17-18-21-28(37)34-25-27-20-19-24-35(27)29(38)22-23-33-31(40)30(39)32(2,3)26-36/h11-12,27,30,36,39H,4-10,13-26H2,1-3H3,(H,33,40)(H,34,37)/t27-,30?/m0/s1. The molecule has 1 rings (SSSR count). The molecule has 3 amide bonds. The summed E-state index contributed by atoms with van der Waals surface area (Å²) in [4.78, 5) is 38.9. The van der Waals surface area contributed by atoms with Crippen LogP contribution in [0.4, 0.5) is 0 Å². The lowest BCUT2D eigenvalue weighted by Crippen LogP contribution is -2.47. The van der Waals surface area contributed by atoms with E-state index in [1.807, 2.05) is 0 Å². The van der Waals surface area contributed by atoms with Gasteiger partial charge in [-0.05, 0) is 44.9 Å². The van der Waals surface area contributed by atoms with Gasteiger partial charge in [0.05, 0.1) is 6.61 Å². The van der Waals surface area contributed by atoms with Crippen LogP contribution in [0.2, 0.25) is 0 Å². The number of carbonyl (C=O) groups is 3. The Hall–Kier alpha value is -1.93. The highest BCUT2D eigenvalue weighted by molar-refractivity contribution is 5.82. The molecular weight excluding hydrogens is 506 g/mol. The summed E-state index contributed by atoms with van der Waals surface area (Å²) in [6, 6.07) is -0.0137.